The predicted octanol–water partition coefficient (Wildman–Crippen LogP) is 5.67. The molecule has 1 aliphatic carbocycles. The van der Waals surface area contributed by atoms with Crippen molar-refractivity contribution in [3.8, 4) is 5.69 Å². The molecule has 2 heterocycles. The standard InChI is InChI=1S/C26H25N3O2S2/c1-16-11-13-18(14-12-16)27-22(30)15-32-26-28-24-23(19-8-4-6-10-21(19)33-24)25(31)29(26)20-9-5-3-7-17(20)2/h3,5,7,9,11-14H,4,6,8,10,15H2,1-2H3,(H,27,30). The van der Waals surface area contributed by atoms with Crippen molar-refractivity contribution < 1.29 is 4.79 Å². The number of nitrogens with one attached hydrogen (secondary N) is 1. The lowest BCUT2D eigenvalue weighted by Crippen LogP contribution is -2.24. The molecule has 0 radical (unpaired) electrons. The minimum Gasteiger partial charge on any atom is -0.325 e. The number of nitrogens with zero attached hydrogens (tertiary/aromatic N) is 2. The van der Waals surface area contributed by atoms with Gasteiger partial charge in [0.15, 0.2) is 5.16 Å². The van der Waals surface area contributed by atoms with Crippen molar-refractivity contribution in [3.05, 3.63) is 80.5 Å². The number of thiophene rings is 1. The van der Waals surface area contributed by atoms with Crippen LogP contribution in [0.3, 0.4) is 0 Å². The van der Waals surface area contributed by atoms with Gasteiger partial charge in [0.2, 0.25) is 5.91 Å². The van der Waals surface area contributed by atoms with Gasteiger partial charge in [0.05, 0.1) is 16.8 Å². The molecule has 5 nitrogen and oxygen atoms in total. The summed E-state index contributed by atoms with van der Waals surface area (Å²) >= 11 is 2.94. The summed E-state index contributed by atoms with van der Waals surface area (Å²) in [4.78, 5) is 33.5. The normalized spacial score (nSPS) is 13.2. The highest BCUT2D eigenvalue weighted by atomic mass is 32.2. The molecule has 1 N–H and O–H groups in total. The van der Waals surface area contributed by atoms with E-state index in [2.05, 4.69) is 5.32 Å². The van der Waals surface area contributed by atoms with Gasteiger partial charge in [0.1, 0.15) is 4.83 Å². The Morgan fingerprint density at radius 1 is 1.09 bits per heavy atom. The zero-order valence-electron chi connectivity index (χ0n) is 18.7. The van der Waals surface area contributed by atoms with E-state index in [1.165, 1.54) is 22.2 Å². The van der Waals surface area contributed by atoms with Crippen LogP contribution < -0.4 is 10.9 Å². The second-order valence-electron chi connectivity index (χ2n) is 8.42. The maximum Gasteiger partial charge on any atom is 0.267 e. The van der Waals surface area contributed by atoms with E-state index >= 15 is 0 Å². The lowest BCUT2D eigenvalue weighted by atomic mass is 9.97. The number of hydrogen-bond donors (Lipinski definition) is 1. The zero-order chi connectivity index (χ0) is 22.9. The van der Waals surface area contributed by atoms with Crippen LogP contribution in [0.2, 0.25) is 0 Å². The average Bonchev–Trinajstić information content (AvgIpc) is 3.19. The molecule has 1 aliphatic rings. The number of carbonyl (C=O) groups excluding carboxylic acids is 1. The Bertz CT molecular complexity index is 1400. The van der Waals surface area contributed by atoms with Crippen LogP contribution in [0, 0.1) is 13.8 Å². The van der Waals surface area contributed by atoms with E-state index in [0.717, 1.165) is 58.4 Å². The fourth-order valence-electron chi connectivity index (χ4n) is 4.27. The van der Waals surface area contributed by atoms with E-state index in [-0.39, 0.29) is 17.2 Å². The number of amides is 1. The van der Waals surface area contributed by atoms with Gasteiger partial charge in [-0.15, -0.1) is 11.3 Å². The molecular weight excluding hydrogens is 450 g/mol. The fraction of sp³-hybridized carbons (Fsp3) is 0.269. The second-order valence-corrected chi connectivity index (χ2v) is 10.4. The molecule has 2 aromatic carbocycles. The number of aryl methyl sites for hydroxylation is 4. The van der Waals surface area contributed by atoms with Gasteiger partial charge >= 0.3 is 0 Å². The van der Waals surface area contributed by atoms with Gasteiger partial charge in [-0.3, -0.25) is 14.2 Å². The Balaban J connectivity index is 1.53. The van der Waals surface area contributed by atoms with Crippen LogP contribution in [-0.4, -0.2) is 21.2 Å². The third-order valence-corrected chi connectivity index (χ3v) is 8.11. The lowest BCUT2D eigenvalue weighted by molar-refractivity contribution is -0.113. The number of anilines is 1. The monoisotopic (exact) mass is 475 g/mol. The topological polar surface area (TPSA) is 64.0 Å². The van der Waals surface area contributed by atoms with Crippen LogP contribution in [0.25, 0.3) is 15.9 Å². The van der Waals surface area contributed by atoms with Crippen LogP contribution in [-0.2, 0) is 17.6 Å². The Kier molecular flexibility index (Phi) is 6.08. The number of benzene rings is 2. The molecule has 0 saturated carbocycles. The zero-order valence-corrected chi connectivity index (χ0v) is 20.3. The maximum absolute atomic E-state index is 13.8. The Morgan fingerprint density at radius 3 is 2.64 bits per heavy atom. The summed E-state index contributed by atoms with van der Waals surface area (Å²) in [6.45, 7) is 4.00. The number of para-hydroxylation sites is 1. The first-order valence-corrected chi connectivity index (χ1v) is 12.9. The third-order valence-electron chi connectivity index (χ3n) is 5.98. The molecule has 5 rings (SSSR count). The van der Waals surface area contributed by atoms with Gasteiger partial charge in [-0.1, -0.05) is 47.7 Å². The number of hydrogen-bond acceptors (Lipinski definition) is 5. The van der Waals surface area contributed by atoms with E-state index in [1.807, 2.05) is 62.4 Å². The van der Waals surface area contributed by atoms with Gasteiger partial charge in [0.25, 0.3) is 5.56 Å². The van der Waals surface area contributed by atoms with Crippen molar-refractivity contribution in [2.24, 2.45) is 0 Å². The van der Waals surface area contributed by atoms with Crippen LogP contribution >= 0.6 is 23.1 Å². The molecular formula is C26H25N3O2S2. The van der Waals surface area contributed by atoms with Crippen molar-refractivity contribution in [2.75, 3.05) is 11.1 Å². The van der Waals surface area contributed by atoms with Crippen molar-refractivity contribution in [1.82, 2.24) is 9.55 Å². The van der Waals surface area contributed by atoms with E-state index in [0.29, 0.717) is 5.16 Å². The van der Waals surface area contributed by atoms with E-state index < -0.39 is 0 Å². The molecule has 0 fully saturated rings. The summed E-state index contributed by atoms with van der Waals surface area (Å²) in [7, 11) is 0. The molecule has 0 saturated heterocycles. The number of aromatic nitrogens is 2. The smallest absolute Gasteiger partial charge is 0.267 e. The van der Waals surface area contributed by atoms with Gasteiger partial charge in [-0.2, -0.15) is 0 Å². The highest BCUT2D eigenvalue weighted by molar-refractivity contribution is 7.99. The SMILES string of the molecule is Cc1ccc(NC(=O)CSc2nc3sc4c(c3c(=O)n2-c2ccccc2C)CCCC4)cc1. The lowest BCUT2D eigenvalue weighted by Gasteiger charge is -2.15. The molecule has 2 aromatic heterocycles. The van der Waals surface area contributed by atoms with Crippen molar-refractivity contribution in [2.45, 2.75) is 44.7 Å². The molecule has 4 aromatic rings. The largest absolute Gasteiger partial charge is 0.325 e. The van der Waals surface area contributed by atoms with Gasteiger partial charge in [-0.05, 0) is 68.9 Å². The number of rotatable bonds is 5. The number of carbonyl (C=O) groups is 1. The minimum absolute atomic E-state index is 0.0323. The molecule has 0 atom stereocenters. The molecule has 168 valence electrons. The van der Waals surface area contributed by atoms with Crippen molar-refractivity contribution >= 4 is 44.9 Å². The highest BCUT2D eigenvalue weighted by Crippen LogP contribution is 2.35. The second kappa shape index (κ2) is 9.15. The summed E-state index contributed by atoms with van der Waals surface area (Å²) in [5.41, 5.74) is 4.85. The molecule has 0 spiro atoms. The summed E-state index contributed by atoms with van der Waals surface area (Å²) in [5.74, 6) is 0.0444. The molecule has 7 heteroatoms. The minimum atomic E-state index is -0.125. The highest BCUT2D eigenvalue weighted by Gasteiger charge is 2.23. The predicted molar refractivity (Wildman–Crippen MR) is 137 cm³/mol. The Hall–Kier alpha value is -2.90. The number of fused-ring (bicyclic) bond motifs is 3. The Labute approximate surface area is 200 Å². The molecule has 33 heavy (non-hydrogen) atoms. The van der Waals surface area contributed by atoms with Crippen molar-refractivity contribution in [1.29, 1.82) is 0 Å². The average molecular weight is 476 g/mol. The van der Waals surface area contributed by atoms with Gasteiger partial charge in [0, 0.05) is 10.6 Å². The first kappa shape index (κ1) is 21.9. The summed E-state index contributed by atoms with van der Waals surface area (Å²) in [6, 6.07) is 15.5. The van der Waals surface area contributed by atoms with E-state index in [9.17, 15) is 9.59 Å². The first-order chi connectivity index (χ1) is 16.0. The van der Waals surface area contributed by atoms with E-state index in [1.54, 1.807) is 15.9 Å². The van der Waals surface area contributed by atoms with Crippen LogP contribution in [0.1, 0.15) is 34.4 Å². The summed E-state index contributed by atoms with van der Waals surface area (Å²) < 4.78 is 1.70. The maximum atomic E-state index is 13.8. The molecule has 1 amide bonds. The van der Waals surface area contributed by atoms with Crippen LogP contribution in [0.15, 0.2) is 58.5 Å². The quantitative estimate of drug-likeness (QED) is 0.298. The third kappa shape index (κ3) is 4.35. The summed E-state index contributed by atoms with van der Waals surface area (Å²) in [5, 5.41) is 4.24. The molecule has 0 unspecified atom stereocenters. The Morgan fingerprint density at radius 2 is 1.85 bits per heavy atom. The molecule has 0 bridgehead atoms. The van der Waals surface area contributed by atoms with Crippen LogP contribution in [0.4, 0.5) is 5.69 Å². The van der Waals surface area contributed by atoms with Crippen molar-refractivity contribution in [3.63, 3.8) is 0 Å². The van der Waals surface area contributed by atoms with Crippen LogP contribution in [0.5, 0.6) is 0 Å². The van der Waals surface area contributed by atoms with Gasteiger partial charge < -0.3 is 5.32 Å². The van der Waals surface area contributed by atoms with E-state index in [4.69, 9.17) is 4.98 Å². The summed E-state index contributed by atoms with van der Waals surface area (Å²) in [6.07, 6.45) is 4.22. The molecule has 0 aliphatic heterocycles. The van der Waals surface area contributed by atoms with Gasteiger partial charge in [-0.25, -0.2) is 4.98 Å². The fourth-order valence-corrected chi connectivity index (χ4v) is 6.38. The first-order valence-electron chi connectivity index (χ1n) is 11.1. The number of thioether (sulfide) groups is 1.